The monoisotopic (exact) mass is 404 g/mol. The van der Waals surface area contributed by atoms with Gasteiger partial charge in [-0.15, -0.1) is 0 Å². The molecule has 1 spiro atoms. The zero-order valence-electron chi connectivity index (χ0n) is 17.5. The van der Waals surface area contributed by atoms with Crippen LogP contribution in [0.4, 0.5) is 5.69 Å². The van der Waals surface area contributed by atoms with Crippen LogP contribution in [0.2, 0.25) is 0 Å². The number of nitrogens with zero attached hydrogens (tertiary/aromatic N) is 4. The minimum atomic E-state index is -0.503. The zero-order valence-corrected chi connectivity index (χ0v) is 17.5. The highest BCUT2D eigenvalue weighted by Crippen LogP contribution is 2.48. The Morgan fingerprint density at radius 1 is 1.10 bits per heavy atom. The number of aromatic nitrogens is 1. The summed E-state index contributed by atoms with van der Waals surface area (Å²) in [6.45, 7) is 4.25. The van der Waals surface area contributed by atoms with E-state index in [0.29, 0.717) is 0 Å². The van der Waals surface area contributed by atoms with Gasteiger partial charge < -0.3 is 9.80 Å². The first-order chi connectivity index (χ1) is 14.6. The minimum absolute atomic E-state index is 0.0986. The summed E-state index contributed by atoms with van der Waals surface area (Å²) in [6.07, 6.45) is 7.42. The second-order valence-electron chi connectivity index (χ2n) is 8.81. The molecule has 1 aromatic heterocycles. The van der Waals surface area contributed by atoms with Crippen LogP contribution in [0.15, 0.2) is 42.7 Å². The summed E-state index contributed by atoms with van der Waals surface area (Å²) in [5.74, 6) is 0.269. The minimum Gasteiger partial charge on any atom is -0.339 e. The Morgan fingerprint density at radius 2 is 1.87 bits per heavy atom. The second-order valence-corrected chi connectivity index (χ2v) is 8.81. The third kappa shape index (κ3) is 3.10. The maximum absolute atomic E-state index is 13.3. The number of hydrogen-bond donors (Lipinski definition) is 0. The van der Waals surface area contributed by atoms with E-state index in [4.69, 9.17) is 0 Å². The third-order valence-corrected chi connectivity index (χ3v) is 7.07. The summed E-state index contributed by atoms with van der Waals surface area (Å²) in [4.78, 5) is 36.6. The average Bonchev–Trinajstić information content (AvgIpc) is 3.39. The highest BCUT2D eigenvalue weighted by atomic mass is 16.2. The Morgan fingerprint density at radius 3 is 2.57 bits per heavy atom. The fourth-order valence-corrected chi connectivity index (χ4v) is 5.32. The molecule has 6 nitrogen and oxygen atoms in total. The van der Waals surface area contributed by atoms with Crippen molar-refractivity contribution in [1.82, 2.24) is 14.8 Å². The molecule has 5 rings (SSSR count). The SMILES string of the molecule is CN1C(=O)C2(CCN(Cc3cccnc3)CC2)c2cc(C(=O)N3CCCC3)ccc21. The first-order valence-electron chi connectivity index (χ1n) is 10.9. The Balaban J connectivity index is 1.39. The fraction of sp³-hybridized carbons (Fsp3) is 0.458. The largest absolute Gasteiger partial charge is 0.339 e. The number of likely N-dealkylation sites (N-methyl/N-ethyl adjacent to an activating group) is 1. The van der Waals surface area contributed by atoms with Gasteiger partial charge in [0.05, 0.1) is 5.41 Å². The van der Waals surface area contributed by atoms with Crippen molar-refractivity contribution in [3.8, 4) is 0 Å². The highest BCUT2D eigenvalue weighted by molar-refractivity contribution is 6.09. The number of fused-ring (bicyclic) bond motifs is 2. The van der Waals surface area contributed by atoms with Crippen LogP contribution in [0.3, 0.4) is 0 Å². The van der Waals surface area contributed by atoms with Crippen molar-refractivity contribution in [2.45, 2.75) is 37.6 Å². The van der Waals surface area contributed by atoms with E-state index in [0.717, 1.165) is 75.2 Å². The van der Waals surface area contributed by atoms with Crippen LogP contribution in [0.1, 0.15) is 47.2 Å². The van der Waals surface area contributed by atoms with Crippen LogP contribution < -0.4 is 4.90 Å². The maximum Gasteiger partial charge on any atom is 0.253 e. The molecular formula is C24H28N4O2. The average molecular weight is 405 g/mol. The van der Waals surface area contributed by atoms with Gasteiger partial charge in [0.15, 0.2) is 0 Å². The van der Waals surface area contributed by atoms with Crippen molar-refractivity contribution < 1.29 is 9.59 Å². The van der Waals surface area contributed by atoms with E-state index < -0.39 is 5.41 Å². The van der Waals surface area contributed by atoms with Gasteiger partial charge in [0, 0.05) is 50.3 Å². The first-order valence-corrected chi connectivity index (χ1v) is 10.9. The Bertz CT molecular complexity index is 960. The van der Waals surface area contributed by atoms with Crippen LogP contribution in [-0.2, 0) is 16.8 Å². The van der Waals surface area contributed by atoms with E-state index in [-0.39, 0.29) is 11.8 Å². The fourth-order valence-electron chi connectivity index (χ4n) is 5.32. The molecule has 6 heteroatoms. The first kappa shape index (κ1) is 19.2. The molecule has 0 saturated carbocycles. The van der Waals surface area contributed by atoms with E-state index in [1.165, 1.54) is 5.56 Å². The van der Waals surface area contributed by atoms with Crippen molar-refractivity contribution in [3.05, 3.63) is 59.4 Å². The Kier molecular flexibility index (Phi) is 4.82. The van der Waals surface area contributed by atoms with E-state index >= 15 is 0 Å². The topological polar surface area (TPSA) is 56.8 Å². The zero-order chi connectivity index (χ0) is 20.7. The lowest BCUT2D eigenvalue weighted by Crippen LogP contribution is -2.47. The van der Waals surface area contributed by atoms with Gasteiger partial charge in [0.1, 0.15) is 0 Å². The number of carbonyl (C=O) groups is 2. The van der Waals surface area contributed by atoms with Crippen LogP contribution in [0, 0.1) is 0 Å². The Hall–Kier alpha value is -2.73. The molecule has 3 aliphatic heterocycles. The van der Waals surface area contributed by atoms with Gasteiger partial charge >= 0.3 is 0 Å². The molecule has 2 aromatic rings. The van der Waals surface area contributed by atoms with Crippen LogP contribution >= 0.6 is 0 Å². The number of rotatable bonds is 3. The van der Waals surface area contributed by atoms with E-state index in [9.17, 15) is 9.59 Å². The summed E-state index contributed by atoms with van der Waals surface area (Å²) < 4.78 is 0. The molecule has 0 bridgehead atoms. The van der Waals surface area contributed by atoms with Gasteiger partial charge in [-0.2, -0.15) is 0 Å². The molecule has 2 saturated heterocycles. The predicted octanol–water partition coefficient (Wildman–Crippen LogP) is 2.83. The van der Waals surface area contributed by atoms with Crippen LogP contribution in [0.5, 0.6) is 0 Å². The lowest BCUT2D eigenvalue weighted by atomic mass is 9.73. The van der Waals surface area contributed by atoms with E-state index in [1.54, 1.807) is 11.1 Å². The van der Waals surface area contributed by atoms with Gasteiger partial charge in [0.2, 0.25) is 5.91 Å². The number of piperidine rings is 1. The number of likely N-dealkylation sites (tertiary alicyclic amines) is 2. The lowest BCUT2D eigenvalue weighted by molar-refractivity contribution is -0.124. The maximum atomic E-state index is 13.3. The standard InChI is InChI=1S/C24H28N4O2/c1-26-21-7-6-19(22(29)28-11-2-3-12-28)15-20(21)24(23(26)30)8-13-27(14-9-24)17-18-5-4-10-25-16-18/h4-7,10,15-16H,2-3,8-9,11-14,17H2,1H3. The summed E-state index contributed by atoms with van der Waals surface area (Å²) in [6, 6.07) is 9.92. The smallest absolute Gasteiger partial charge is 0.253 e. The number of hydrogen-bond acceptors (Lipinski definition) is 4. The number of carbonyl (C=O) groups excluding carboxylic acids is 2. The molecule has 0 atom stereocenters. The van der Waals surface area contributed by atoms with Crippen molar-refractivity contribution in [2.24, 2.45) is 0 Å². The third-order valence-electron chi connectivity index (χ3n) is 7.07. The highest BCUT2D eigenvalue weighted by Gasteiger charge is 2.51. The molecular weight excluding hydrogens is 376 g/mol. The predicted molar refractivity (Wildman–Crippen MR) is 115 cm³/mol. The number of benzene rings is 1. The van der Waals surface area contributed by atoms with Gasteiger partial charge in [-0.25, -0.2) is 0 Å². The Labute approximate surface area is 177 Å². The summed E-state index contributed by atoms with van der Waals surface area (Å²) in [5, 5.41) is 0. The van der Waals surface area contributed by atoms with Crippen molar-refractivity contribution in [2.75, 3.05) is 38.1 Å². The van der Waals surface area contributed by atoms with Crippen molar-refractivity contribution >= 4 is 17.5 Å². The number of pyridine rings is 1. The van der Waals surface area contributed by atoms with E-state index in [1.807, 2.05) is 42.4 Å². The molecule has 0 radical (unpaired) electrons. The normalized spacial score (nSPS) is 20.8. The molecule has 0 N–H and O–H groups in total. The number of amides is 2. The van der Waals surface area contributed by atoms with Gasteiger partial charge in [-0.3, -0.25) is 19.5 Å². The molecule has 30 heavy (non-hydrogen) atoms. The molecule has 2 amide bonds. The molecule has 0 unspecified atom stereocenters. The molecule has 2 fully saturated rings. The van der Waals surface area contributed by atoms with E-state index in [2.05, 4.69) is 16.0 Å². The second kappa shape index (κ2) is 7.51. The number of anilines is 1. The van der Waals surface area contributed by atoms with Gasteiger partial charge in [0.25, 0.3) is 5.91 Å². The molecule has 0 aliphatic carbocycles. The quantitative estimate of drug-likeness (QED) is 0.789. The molecule has 156 valence electrons. The van der Waals surface area contributed by atoms with Crippen LogP contribution in [-0.4, -0.2) is 59.8 Å². The summed E-state index contributed by atoms with van der Waals surface area (Å²) in [7, 11) is 1.86. The molecule has 4 heterocycles. The van der Waals surface area contributed by atoms with Crippen molar-refractivity contribution in [3.63, 3.8) is 0 Å². The summed E-state index contributed by atoms with van der Waals surface area (Å²) >= 11 is 0. The molecule has 3 aliphatic rings. The van der Waals surface area contributed by atoms with Crippen LogP contribution in [0.25, 0.3) is 0 Å². The molecule has 1 aromatic carbocycles. The van der Waals surface area contributed by atoms with Crippen molar-refractivity contribution in [1.29, 1.82) is 0 Å². The van der Waals surface area contributed by atoms with Gasteiger partial charge in [-0.1, -0.05) is 6.07 Å². The lowest BCUT2D eigenvalue weighted by Gasteiger charge is -2.38. The summed E-state index contributed by atoms with van der Waals surface area (Å²) in [5.41, 5.74) is 3.41. The van der Waals surface area contributed by atoms with Gasteiger partial charge in [-0.05, 0) is 74.2 Å².